The molecule has 80 valence electrons. The van der Waals surface area contributed by atoms with Crippen LogP contribution in [0.2, 0.25) is 0 Å². The molecule has 0 fully saturated rings. The minimum atomic E-state index is -0.104. The Kier molecular flexibility index (Phi) is 4.10. The number of hydrogen-bond acceptors (Lipinski definition) is 3. The number of aliphatic hydroxyl groups excluding tert-OH is 1. The highest BCUT2D eigenvalue weighted by Gasteiger charge is 2.19. The minimum absolute atomic E-state index is 0.0373. The summed E-state index contributed by atoms with van der Waals surface area (Å²) in [5, 5.41) is 13.3. The van der Waals surface area contributed by atoms with Crippen LogP contribution in [0.25, 0.3) is 0 Å². The predicted octanol–water partition coefficient (Wildman–Crippen LogP) is 0.790. The van der Waals surface area contributed by atoms with Crippen LogP contribution in [0.3, 0.4) is 0 Å². The van der Waals surface area contributed by atoms with Gasteiger partial charge in [0.25, 0.3) is 0 Å². The lowest BCUT2D eigenvalue weighted by Gasteiger charge is -2.23. The highest BCUT2D eigenvalue weighted by atomic mass is 16.3. The van der Waals surface area contributed by atoms with Crippen molar-refractivity contribution < 1.29 is 5.11 Å². The molecule has 0 saturated heterocycles. The molecule has 2 unspecified atom stereocenters. The third-order valence-electron chi connectivity index (χ3n) is 2.29. The number of aromatic nitrogens is 2. The van der Waals surface area contributed by atoms with E-state index in [1.165, 1.54) is 0 Å². The van der Waals surface area contributed by atoms with E-state index < -0.39 is 0 Å². The summed E-state index contributed by atoms with van der Waals surface area (Å²) < 4.78 is 1.73. The van der Waals surface area contributed by atoms with Crippen molar-refractivity contribution in [2.24, 2.45) is 11.7 Å². The van der Waals surface area contributed by atoms with Crippen molar-refractivity contribution >= 4 is 0 Å². The van der Waals surface area contributed by atoms with Crippen LogP contribution in [0.15, 0.2) is 18.5 Å². The van der Waals surface area contributed by atoms with Gasteiger partial charge in [0, 0.05) is 18.4 Å². The van der Waals surface area contributed by atoms with E-state index in [0.717, 1.165) is 6.42 Å². The molecular weight excluding hydrogens is 178 g/mol. The van der Waals surface area contributed by atoms with E-state index in [4.69, 9.17) is 5.73 Å². The summed E-state index contributed by atoms with van der Waals surface area (Å²) in [5.41, 5.74) is 6.00. The van der Waals surface area contributed by atoms with Crippen molar-refractivity contribution in [2.45, 2.75) is 32.4 Å². The average molecular weight is 197 g/mol. The van der Waals surface area contributed by atoms with Gasteiger partial charge < -0.3 is 10.8 Å². The molecule has 4 nitrogen and oxygen atoms in total. The molecule has 0 bridgehead atoms. The first-order chi connectivity index (χ1) is 6.65. The molecular formula is C10H19N3O. The molecule has 0 aliphatic rings. The SMILES string of the molecule is CC(C)CC(N)C(CO)n1cccn1. The topological polar surface area (TPSA) is 64.1 Å². The Hall–Kier alpha value is -0.870. The second-order valence-electron chi connectivity index (χ2n) is 4.03. The van der Waals surface area contributed by atoms with Gasteiger partial charge in [0.1, 0.15) is 0 Å². The smallest absolute Gasteiger partial charge is 0.0900 e. The van der Waals surface area contributed by atoms with Gasteiger partial charge in [-0.2, -0.15) is 5.10 Å². The molecule has 1 rings (SSSR count). The third-order valence-corrected chi connectivity index (χ3v) is 2.29. The Morgan fingerprint density at radius 1 is 1.50 bits per heavy atom. The maximum atomic E-state index is 9.24. The highest BCUT2D eigenvalue weighted by molar-refractivity contribution is 4.86. The van der Waals surface area contributed by atoms with Crippen LogP contribution < -0.4 is 5.73 Å². The first-order valence-corrected chi connectivity index (χ1v) is 5.00. The summed E-state index contributed by atoms with van der Waals surface area (Å²) in [6.45, 7) is 4.28. The quantitative estimate of drug-likeness (QED) is 0.733. The van der Waals surface area contributed by atoms with Crippen molar-refractivity contribution in [1.82, 2.24) is 9.78 Å². The molecule has 3 N–H and O–H groups in total. The predicted molar refractivity (Wildman–Crippen MR) is 55.8 cm³/mol. The van der Waals surface area contributed by atoms with Crippen molar-refractivity contribution in [3.63, 3.8) is 0 Å². The number of nitrogens with two attached hydrogens (primary N) is 1. The second kappa shape index (κ2) is 5.12. The Morgan fingerprint density at radius 2 is 2.21 bits per heavy atom. The van der Waals surface area contributed by atoms with Gasteiger partial charge in [-0.3, -0.25) is 4.68 Å². The molecule has 4 heteroatoms. The van der Waals surface area contributed by atoms with E-state index in [2.05, 4.69) is 18.9 Å². The Labute approximate surface area is 84.7 Å². The Balaban J connectivity index is 2.62. The van der Waals surface area contributed by atoms with Crippen LogP contribution in [0.4, 0.5) is 0 Å². The van der Waals surface area contributed by atoms with Crippen molar-refractivity contribution in [3.8, 4) is 0 Å². The molecule has 0 spiro atoms. The van der Waals surface area contributed by atoms with Crippen molar-refractivity contribution in [2.75, 3.05) is 6.61 Å². The van der Waals surface area contributed by atoms with Gasteiger partial charge in [0.05, 0.1) is 12.6 Å². The van der Waals surface area contributed by atoms with E-state index in [-0.39, 0.29) is 18.7 Å². The monoisotopic (exact) mass is 197 g/mol. The van der Waals surface area contributed by atoms with Gasteiger partial charge in [0.15, 0.2) is 0 Å². The Bertz CT molecular complexity index is 246. The first-order valence-electron chi connectivity index (χ1n) is 5.00. The molecule has 14 heavy (non-hydrogen) atoms. The van der Waals surface area contributed by atoms with E-state index in [0.29, 0.717) is 5.92 Å². The molecule has 0 aliphatic carbocycles. The lowest BCUT2D eigenvalue weighted by Crippen LogP contribution is -2.36. The number of nitrogens with zero attached hydrogens (tertiary/aromatic N) is 2. The summed E-state index contributed by atoms with van der Waals surface area (Å²) in [5.74, 6) is 0.537. The van der Waals surface area contributed by atoms with Crippen LogP contribution in [0.5, 0.6) is 0 Å². The summed E-state index contributed by atoms with van der Waals surface area (Å²) in [7, 11) is 0. The van der Waals surface area contributed by atoms with Gasteiger partial charge in [-0.25, -0.2) is 0 Å². The molecule has 1 aromatic rings. The lowest BCUT2D eigenvalue weighted by molar-refractivity contribution is 0.187. The summed E-state index contributed by atoms with van der Waals surface area (Å²) in [6, 6.07) is 1.69. The lowest BCUT2D eigenvalue weighted by atomic mass is 9.99. The van der Waals surface area contributed by atoms with E-state index in [1.54, 1.807) is 10.9 Å². The Morgan fingerprint density at radius 3 is 2.64 bits per heavy atom. The number of hydrogen-bond donors (Lipinski definition) is 2. The van der Waals surface area contributed by atoms with Crippen LogP contribution in [-0.2, 0) is 0 Å². The first kappa shape index (κ1) is 11.2. The van der Waals surface area contributed by atoms with Gasteiger partial charge in [-0.15, -0.1) is 0 Å². The fourth-order valence-electron chi connectivity index (χ4n) is 1.59. The maximum Gasteiger partial charge on any atom is 0.0900 e. The molecule has 1 heterocycles. The fraction of sp³-hybridized carbons (Fsp3) is 0.700. The van der Waals surface area contributed by atoms with E-state index in [1.807, 2.05) is 12.3 Å². The second-order valence-corrected chi connectivity index (χ2v) is 4.03. The van der Waals surface area contributed by atoms with Gasteiger partial charge in [-0.05, 0) is 18.4 Å². The number of rotatable bonds is 5. The van der Waals surface area contributed by atoms with E-state index >= 15 is 0 Å². The van der Waals surface area contributed by atoms with Crippen LogP contribution in [0.1, 0.15) is 26.3 Å². The average Bonchev–Trinajstić information content (AvgIpc) is 2.57. The minimum Gasteiger partial charge on any atom is -0.394 e. The highest BCUT2D eigenvalue weighted by Crippen LogP contribution is 2.14. The van der Waals surface area contributed by atoms with Gasteiger partial charge in [0.2, 0.25) is 0 Å². The van der Waals surface area contributed by atoms with Gasteiger partial charge >= 0.3 is 0 Å². The zero-order valence-electron chi connectivity index (χ0n) is 8.80. The molecule has 0 radical (unpaired) electrons. The molecule has 0 aromatic carbocycles. The molecule has 0 amide bonds. The standard InChI is InChI=1S/C10H19N3O/c1-8(2)6-9(11)10(7-14)13-5-3-4-12-13/h3-5,8-10,14H,6-7,11H2,1-2H3. The summed E-state index contributed by atoms with van der Waals surface area (Å²) in [4.78, 5) is 0. The van der Waals surface area contributed by atoms with Crippen LogP contribution in [0, 0.1) is 5.92 Å². The molecule has 1 aromatic heterocycles. The molecule has 2 atom stereocenters. The fourth-order valence-corrected chi connectivity index (χ4v) is 1.59. The van der Waals surface area contributed by atoms with Crippen molar-refractivity contribution in [1.29, 1.82) is 0 Å². The maximum absolute atomic E-state index is 9.24. The molecule has 0 saturated carbocycles. The van der Waals surface area contributed by atoms with E-state index in [9.17, 15) is 5.11 Å². The van der Waals surface area contributed by atoms with Crippen molar-refractivity contribution in [3.05, 3.63) is 18.5 Å². The largest absolute Gasteiger partial charge is 0.394 e. The summed E-state index contributed by atoms with van der Waals surface area (Å²) in [6.07, 6.45) is 4.43. The van der Waals surface area contributed by atoms with Crippen LogP contribution in [-0.4, -0.2) is 27.5 Å². The van der Waals surface area contributed by atoms with Gasteiger partial charge in [-0.1, -0.05) is 13.8 Å². The zero-order chi connectivity index (χ0) is 10.6. The molecule has 0 aliphatic heterocycles. The summed E-state index contributed by atoms with van der Waals surface area (Å²) >= 11 is 0. The van der Waals surface area contributed by atoms with Crippen LogP contribution >= 0.6 is 0 Å². The third kappa shape index (κ3) is 2.82. The zero-order valence-corrected chi connectivity index (χ0v) is 8.80. The normalized spacial score (nSPS) is 15.8. The number of aliphatic hydroxyl groups is 1.